The number of carbonyl (C=O) groups is 1. The summed E-state index contributed by atoms with van der Waals surface area (Å²) in [6, 6.07) is 8.90. The second kappa shape index (κ2) is 6.01. The fraction of sp³-hybridized carbons (Fsp3) is 0.533. The van der Waals surface area contributed by atoms with Crippen molar-refractivity contribution in [1.82, 2.24) is 4.90 Å². The van der Waals surface area contributed by atoms with Gasteiger partial charge in [0.05, 0.1) is 0 Å². The maximum Gasteiger partial charge on any atom is 0.221 e. The predicted molar refractivity (Wildman–Crippen MR) is 74.7 cm³/mol. The van der Waals surface area contributed by atoms with E-state index in [1.807, 2.05) is 12.1 Å². The van der Waals surface area contributed by atoms with Gasteiger partial charge in [0.1, 0.15) is 0 Å². The average Bonchev–Trinajstić information content (AvgIpc) is 2.73. The van der Waals surface area contributed by atoms with E-state index in [-0.39, 0.29) is 5.91 Å². The zero-order chi connectivity index (χ0) is 13.0. The van der Waals surface area contributed by atoms with E-state index < -0.39 is 0 Å². The lowest BCUT2D eigenvalue weighted by Gasteiger charge is -2.20. The molecule has 1 heterocycles. The number of hydrogen-bond donors (Lipinski definition) is 1. The van der Waals surface area contributed by atoms with Crippen LogP contribution in [0.3, 0.4) is 0 Å². The summed E-state index contributed by atoms with van der Waals surface area (Å²) in [6.07, 6.45) is 3.76. The molecule has 0 radical (unpaired) electrons. The average molecular weight is 246 g/mol. The topological polar surface area (TPSA) is 32.3 Å². The molecule has 1 aromatic carbocycles. The van der Waals surface area contributed by atoms with Crippen LogP contribution in [0.5, 0.6) is 0 Å². The van der Waals surface area contributed by atoms with E-state index in [2.05, 4.69) is 29.3 Å². The quantitative estimate of drug-likeness (QED) is 0.886. The highest BCUT2D eigenvalue weighted by Crippen LogP contribution is 2.17. The minimum absolute atomic E-state index is 0.0198. The molecule has 98 valence electrons. The molecule has 0 aromatic heterocycles. The summed E-state index contributed by atoms with van der Waals surface area (Å²) < 4.78 is 0. The summed E-state index contributed by atoms with van der Waals surface area (Å²) in [7, 11) is 0. The van der Waals surface area contributed by atoms with Crippen LogP contribution in [-0.4, -0.2) is 29.9 Å². The van der Waals surface area contributed by atoms with Gasteiger partial charge in [-0.3, -0.25) is 4.79 Å². The number of nitrogens with zero attached hydrogens (tertiary/aromatic N) is 1. The van der Waals surface area contributed by atoms with Crippen molar-refractivity contribution >= 4 is 11.6 Å². The van der Waals surface area contributed by atoms with Crippen molar-refractivity contribution in [3.8, 4) is 0 Å². The van der Waals surface area contributed by atoms with Gasteiger partial charge in [-0.15, -0.1) is 0 Å². The highest BCUT2D eigenvalue weighted by atomic mass is 16.1. The molecule has 1 atom stereocenters. The smallest absolute Gasteiger partial charge is 0.221 e. The third-order valence-electron chi connectivity index (χ3n) is 3.65. The van der Waals surface area contributed by atoms with Crippen LogP contribution in [-0.2, 0) is 11.2 Å². The molecule has 18 heavy (non-hydrogen) atoms. The first-order valence-corrected chi connectivity index (χ1v) is 6.76. The lowest BCUT2D eigenvalue weighted by molar-refractivity contribution is -0.114. The van der Waals surface area contributed by atoms with Gasteiger partial charge in [0, 0.05) is 25.2 Å². The summed E-state index contributed by atoms with van der Waals surface area (Å²) in [6.45, 7) is 6.22. The molecule has 1 aliphatic rings. The van der Waals surface area contributed by atoms with Gasteiger partial charge in [-0.25, -0.2) is 0 Å². The highest BCUT2D eigenvalue weighted by molar-refractivity contribution is 5.88. The zero-order valence-electron chi connectivity index (χ0n) is 11.3. The summed E-state index contributed by atoms with van der Waals surface area (Å²) in [4.78, 5) is 13.5. The molecule has 1 N–H and O–H groups in total. The number of anilines is 1. The summed E-state index contributed by atoms with van der Waals surface area (Å²) in [5, 5.41) is 2.79. The van der Waals surface area contributed by atoms with Crippen LogP contribution in [0.15, 0.2) is 24.3 Å². The fourth-order valence-electron chi connectivity index (χ4n) is 2.56. The second-order valence-corrected chi connectivity index (χ2v) is 5.16. The van der Waals surface area contributed by atoms with Crippen LogP contribution in [0.2, 0.25) is 0 Å². The van der Waals surface area contributed by atoms with Gasteiger partial charge in [0.25, 0.3) is 0 Å². The monoisotopic (exact) mass is 246 g/mol. The van der Waals surface area contributed by atoms with Crippen molar-refractivity contribution in [2.75, 3.05) is 18.4 Å². The van der Waals surface area contributed by atoms with Gasteiger partial charge in [-0.05, 0) is 50.4 Å². The molecule has 1 amide bonds. The van der Waals surface area contributed by atoms with E-state index in [0.29, 0.717) is 0 Å². The van der Waals surface area contributed by atoms with Crippen molar-refractivity contribution in [3.63, 3.8) is 0 Å². The van der Waals surface area contributed by atoms with Gasteiger partial charge in [0.15, 0.2) is 0 Å². The standard InChI is InChI=1S/C15H22N2O/c1-12-4-3-10-17(12)11-9-14-5-7-15(8-6-14)16-13(2)18/h5-8,12H,3-4,9-11H2,1-2H3,(H,16,18)/t12-/m1/s1. The number of amides is 1. The number of benzene rings is 1. The lowest BCUT2D eigenvalue weighted by Crippen LogP contribution is -2.28. The SMILES string of the molecule is CC(=O)Nc1ccc(CCN2CCC[C@H]2C)cc1. The molecule has 1 aromatic rings. The summed E-state index contributed by atoms with van der Waals surface area (Å²) in [5.74, 6) is -0.0198. The first-order chi connectivity index (χ1) is 8.65. The number of rotatable bonds is 4. The number of nitrogens with one attached hydrogen (secondary N) is 1. The molecule has 0 unspecified atom stereocenters. The van der Waals surface area contributed by atoms with Gasteiger partial charge >= 0.3 is 0 Å². The molecule has 1 fully saturated rings. The van der Waals surface area contributed by atoms with E-state index in [4.69, 9.17) is 0 Å². The van der Waals surface area contributed by atoms with Gasteiger partial charge in [0.2, 0.25) is 5.91 Å². The van der Waals surface area contributed by atoms with E-state index in [9.17, 15) is 4.79 Å². The Morgan fingerprint density at radius 3 is 2.67 bits per heavy atom. The Labute approximate surface area is 109 Å². The molecule has 3 heteroatoms. The lowest BCUT2D eigenvalue weighted by atomic mass is 10.1. The van der Waals surface area contributed by atoms with Crippen LogP contribution >= 0.6 is 0 Å². The molecule has 3 nitrogen and oxygen atoms in total. The minimum Gasteiger partial charge on any atom is -0.326 e. The van der Waals surface area contributed by atoms with Gasteiger partial charge in [-0.1, -0.05) is 12.1 Å². The zero-order valence-corrected chi connectivity index (χ0v) is 11.3. The van der Waals surface area contributed by atoms with E-state index in [1.165, 1.54) is 31.9 Å². The van der Waals surface area contributed by atoms with E-state index in [1.54, 1.807) is 0 Å². The number of likely N-dealkylation sites (tertiary alicyclic amines) is 1. The van der Waals surface area contributed by atoms with Crippen molar-refractivity contribution in [1.29, 1.82) is 0 Å². The van der Waals surface area contributed by atoms with Gasteiger partial charge in [-0.2, -0.15) is 0 Å². The Balaban J connectivity index is 1.84. The summed E-state index contributed by atoms with van der Waals surface area (Å²) >= 11 is 0. The molecule has 2 rings (SSSR count). The van der Waals surface area contributed by atoms with Crippen molar-refractivity contribution in [2.24, 2.45) is 0 Å². The predicted octanol–water partition coefficient (Wildman–Crippen LogP) is 2.67. The Morgan fingerprint density at radius 1 is 1.39 bits per heavy atom. The maximum atomic E-state index is 10.9. The van der Waals surface area contributed by atoms with Crippen LogP contribution in [0.25, 0.3) is 0 Å². The van der Waals surface area contributed by atoms with Crippen LogP contribution < -0.4 is 5.32 Å². The fourth-order valence-corrected chi connectivity index (χ4v) is 2.56. The third-order valence-corrected chi connectivity index (χ3v) is 3.65. The first kappa shape index (κ1) is 13.1. The number of hydrogen-bond acceptors (Lipinski definition) is 2. The van der Waals surface area contributed by atoms with Crippen LogP contribution in [0.4, 0.5) is 5.69 Å². The third kappa shape index (κ3) is 3.57. The van der Waals surface area contributed by atoms with Crippen molar-refractivity contribution < 1.29 is 4.79 Å². The molecule has 0 saturated carbocycles. The second-order valence-electron chi connectivity index (χ2n) is 5.16. The highest BCUT2D eigenvalue weighted by Gasteiger charge is 2.19. The normalized spacial score (nSPS) is 20.0. The molecule has 0 bridgehead atoms. The Morgan fingerprint density at radius 2 is 2.11 bits per heavy atom. The van der Waals surface area contributed by atoms with Gasteiger partial charge < -0.3 is 10.2 Å². The Kier molecular flexibility index (Phi) is 4.37. The molecule has 0 aliphatic carbocycles. The Hall–Kier alpha value is -1.35. The number of carbonyl (C=O) groups excluding carboxylic acids is 1. The first-order valence-electron chi connectivity index (χ1n) is 6.76. The maximum absolute atomic E-state index is 10.9. The van der Waals surface area contributed by atoms with E-state index in [0.717, 1.165) is 24.7 Å². The molecule has 1 saturated heterocycles. The van der Waals surface area contributed by atoms with Crippen molar-refractivity contribution in [2.45, 2.75) is 39.2 Å². The van der Waals surface area contributed by atoms with Crippen molar-refractivity contribution in [3.05, 3.63) is 29.8 Å². The molecular formula is C15H22N2O. The minimum atomic E-state index is -0.0198. The Bertz CT molecular complexity index is 399. The van der Waals surface area contributed by atoms with Crippen LogP contribution in [0, 0.1) is 0 Å². The van der Waals surface area contributed by atoms with Crippen LogP contribution in [0.1, 0.15) is 32.3 Å². The molecule has 1 aliphatic heterocycles. The van der Waals surface area contributed by atoms with E-state index >= 15 is 0 Å². The summed E-state index contributed by atoms with van der Waals surface area (Å²) in [5.41, 5.74) is 2.21. The largest absolute Gasteiger partial charge is 0.326 e. The molecule has 0 spiro atoms. The molecular weight excluding hydrogens is 224 g/mol.